The van der Waals surface area contributed by atoms with Crippen molar-refractivity contribution in [3.63, 3.8) is 0 Å². The Labute approximate surface area is 128 Å². The summed E-state index contributed by atoms with van der Waals surface area (Å²) in [6.45, 7) is 1.93. The van der Waals surface area contributed by atoms with E-state index >= 15 is 0 Å². The normalized spacial score (nSPS) is 11.9. The molecule has 0 radical (unpaired) electrons. The first-order valence-corrected chi connectivity index (χ1v) is 7.29. The molecule has 0 heterocycles. The van der Waals surface area contributed by atoms with E-state index in [1.165, 1.54) is 0 Å². The summed E-state index contributed by atoms with van der Waals surface area (Å²) in [6.07, 6.45) is 0.686. The summed E-state index contributed by atoms with van der Waals surface area (Å²) in [5.41, 5.74) is 6.17. The van der Waals surface area contributed by atoms with Gasteiger partial charge in [-0.25, -0.2) is 0 Å². The van der Waals surface area contributed by atoms with Crippen LogP contribution in [0.3, 0.4) is 0 Å². The number of nitrogens with one attached hydrogen (secondary N) is 1. The van der Waals surface area contributed by atoms with Gasteiger partial charge in [-0.3, -0.25) is 4.79 Å². The molecule has 6 heteroatoms. The Morgan fingerprint density at radius 2 is 2.29 bits per heavy atom. The smallest absolute Gasteiger partial charge is 0.252 e. The van der Waals surface area contributed by atoms with Gasteiger partial charge < -0.3 is 11.1 Å². The molecule has 1 aromatic rings. The van der Waals surface area contributed by atoms with Gasteiger partial charge in [0.2, 0.25) is 0 Å². The Balaban J connectivity index is 2.89. The maximum atomic E-state index is 12.0. The van der Waals surface area contributed by atoms with Crippen LogP contribution < -0.4 is 11.1 Å². The summed E-state index contributed by atoms with van der Waals surface area (Å²) >= 11 is 10.4. The molecule has 0 aromatic heterocycles. The summed E-state index contributed by atoms with van der Waals surface area (Å²) in [4.78, 5) is 12.4. The van der Waals surface area contributed by atoms with E-state index in [-0.39, 0.29) is 11.9 Å². The van der Waals surface area contributed by atoms with E-state index in [1.54, 1.807) is 6.07 Å². The van der Waals surface area contributed by atoms with Gasteiger partial charge in [-0.05, 0) is 47.2 Å². The van der Waals surface area contributed by atoms with Gasteiger partial charge in [-0.1, -0.05) is 35.1 Å². The highest BCUT2D eigenvalue weighted by atomic mass is 127. The highest BCUT2D eigenvalue weighted by Crippen LogP contribution is 2.18. The molecule has 0 saturated carbocycles. The van der Waals surface area contributed by atoms with Crippen LogP contribution in [-0.2, 0) is 0 Å². The first-order chi connectivity index (χ1) is 7.95. The number of hydrogen-bond acceptors (Lipinski definition) is 2. The lowest BCUT2D eigenvalue weighted by molar-refractivity contribution is 0.0945. The van der Waals surface area contributed by atoms with E-state index < -0.39 is 0 Å². The van der Waals surface area contributed by atoms with Crippen LogP contribution >= 0.6 is 50.7 Å². The molecular weight excluding hydrogens is 415 g/mol. The second-order valence-electron chi connectivity index (χ2n) is 3.46. The number of hydrogen-bond donors (Lipinski definition) is 2. The summed E-state index contributed by atoms with van der Waals surface area (Å²) in [5, 5.41) is 2.82. The summed E-state index contributed by atoms with van der Waals surface area (Å²) in [7, 11) is 0. The van der Waals surface area contributed by atoms with Crippen LogP contribution in [0.2, 0.25) is 0 Å². The van der Waals surface area contributed by atoms with Crippen molar-refractivity contribution in [1.29, 1.82) is 0 Å². The summed E-state index contributed by atoms with van der Waals surface area (Å²) in [5.74, 6) is -0.157. The Hall–Kier alpha value is -0.210. The van der Waals surface area contributed by atoms with Crippen molar-refractivity contribution in [3.05, 3.63) is 31.8 Å². The summed E-state index contributed by atoms with van der Waals surface area (Å²) in [6, 6.07) is 5.29. The van der Waals surface area contributed by atoms with E-state index in [0.29, 0.717) is 17.0 Å². The number of thiocarbonyl (C=S) groups is 1. The summed E-state index contributed by atoms with van der Waals surface area (Å²) < 4.78 is 1.76. The second kappa shape index (κ2) is 6.65. The third-order valence-electron chi connectivity index (χ3n) is 2.23. The number of carbonyl (C=O) groups is 1. The van der Waals surface area contributed by atoms with Crippen molar-refractivity contribution in [3.8, 4) is 0 Å². The van der Waals surface area contributed by atoms with Gasteiger partial charge in [0.1, 0.15) is 0 Å². The van der Waals surface area contributed by atoms with E-state index in [0.717, 1.165) is 8.04 Å². The lowest BCUT2D eigenvalue weighted by atomic mass is 10.1. The van der Waals surface area contributed by atoms with Gasteiger partial charge in [0, 0.05) is 8.04 Å². The zero-order valence-corrected chi connectivity index (χ0v) is 13.7. The van der Waals surface area contributed by atoms with E-state index in [9.17, 15) is 4.79 Å². The van der Waals surface area contributed by atoms with Crippen LogP contribution in [0.15, 0.2) is 22.7 Å². The van der Waals surface area contributed by atoms with Crippen molar-refractivity contribution in [2.75, 3.05) is 0 Å². The number of benzene rings is 1. The minimum Gasteiger partial charge on any atom is -0.392 e. The first kappa shape index (κ1) is 14.8. The molecule has 3 N–H and O–H groups in total. The minimum atomic E-state index is -0.257. The van der Waals surface area contributed by atoms with Crippen LogP contribution in [0.1, 0.15) is 23.7 Å². The number of carbonyl (C=O) groups excluding carboxylic acids is 1. The third kappa shape index (κ3) is 4.18. The number of amides is 1. The average molecular weight is 427 g/mol. The zero-order chi connectivity index (χ0) is 13.0. The van der Waals surface area contributed by atoms with Crippen molar-refractivity contribution in [2.24, 2.45) is 5.73 Å². The van der Waals surface area contributed by atoms with Gasteiger partial charge >= 0.3 is 0 Å². The largest absolute Gasteiger partial charge is 0.392 e. The molecule has 0 aliphatic heterocycles. The molecule has 17 heavy (non-hydrogen) atoms. The van der Waals surface area contributed by atoms with Gasteiger partial charge in [-0.15, -0.1) is 0 Å². The molecule has 92 valence electrons. The molecular formula is C11H12BrIN2OS. The SMILES string of the molecule is CCC(NC(=O)c1cc(Br)ccc1I)C(N)=S. The highest BCUT2D eigenvalue weighted by molar-refractivity contribution is 14.1. The van der Waals surface area contributed by atoms with Crippen molar-refractivity contribution < 1.29 is 4.79 Å². The maximum absolute atomic E-state index is 12.0. The van der Waals surface area contributed by atoms with Crippen LogP contribution in [0.5, 0.6) is 0 Å². The molecule has 1 unspecified atom stereocenters. The lowest BCUT2D eigenvalue weighted by Crippen LogP contribution is -2.43. The Morgan fingerprint density at radius 1 is 1.65 bits per heavy atom. The van der Waals surface area contributed by atoms with Gasteiger partial charge in [0.15, 0.2) is 0 Å². The second-order valence-corrected chi connectivity index (χ2v) is 6.01. The molecule has 1 aromatic carbocycles. The Bertz CT molecular complexity index is 453. The van der Waals surface area contributed by atoms with Crippen molar-refractivity contribution in [2.45, 2.75) is 19.4 Å². The fourth-order valence-corrected chi connectivity index (χ4v) is 2.45. The maximum Gasteiger partial charge on any atom is 0.252 e. The molecule has 0 bridgehead atoms. The predicted molar refractivity (Wildman–Crippen MR) is 85.2 cm³/mol. The van der Waals surface area contributed by atoms with E-state index in [2.05, 4.69) is 43.8 Å². The molecule has 0 saturated heterocycles. The number of rotatable bonds is 4. The fraction of sp³-hybridized carbons (Fsp3) is 0.273. The van der Waals surface area contributed by atoms with Gasteiger partial charge in [0.25, 0.3) is 5.91 Å². The molecule has 0 aliphatic rings. The van der Waals surface area contributed by atoms with Crippen LogP contribution in [0.25, 0.3) is 0 Å². The first-order valence-electron chi connectivity index (χ1n) is 5.01. The van der Waals surface area contributed by atoms with Gasteiger partial charge in [0.05, 0.1) is 16.6 Å². The standard InChI is InChI=1S/C11H12BrIN2OS/c1-2-9(10(14)17)15-11(16)7-5-6(12)3-4-8(7)13/h3-5,9H,2H2,1H3,(H2,14,17)(H,15,16). The van der Waals surface area contributed by atoms with Crippen molar-refractivity contribution in [1.82, 2.24) is 5.32 Å². The molecule has 1 atom stereocenters. The number of halogens is 2. The lowest BCUT2D eigenvalue weighted by Gasteiger charge is -2.16. The van der Waals surface area contributed by atoms with Crippen LogP contribution in [0, 0.1) is 3.57 Å². The number of nitrogens with two attached hydrogens (primary N) is 1. The monoisotopic (exact) mass is 426 g/mol. The average Bonchev–Trinajstić information content (AvgIpc) is 2.28. The molecule has 0 spiro atoms. The Morgan fingerprint density at radius 3 is 2.82 bits per heavy atom. The topological polar surface area (TPSA) is 55.1 Å². The van der Waals surface area contributed by atoms with E-state index in [1.807, 2.05) is 19.1 Å². The molecule has 0 fully saturated rings. The minimum absolute atomic E-state index is 0.157. The fourth-order valence-electron chi connectivity index (χ4n) is 1.28. The molecule has 1 amide bonds. The van der Waals surface area contributed by atoms with E-state index in [4.69, 9.17) is 18.0 Å². The molecule has 0 aliphatic carbocycles. The highest BCUT2D eigenvalue weighted by Gasteiger charge is 2.16. The Kier molecular flexibility index (Phi) is 5.81. The van der Waals surface area contributed by atoms with Gasteiger partial charge in [-0.2, -0.15) is 0 Å². The van der Waals surface area contributed by atoms with Crippen LogP contribution in [-0.4, -0.2) is 16.9 Å². The zero-order valence-electron chi connectivity index (χ0n) is 9.17. The third-order valence-corrected chi connectivity index (χ3v) is 3.95. The van der Waals surface area contributed by atoms with Crippen LogP contribution in [0.4, 0.5) is 0 Å². The van der Waals surface area contributed by atoms with Crippen molar-refractivity contribution >= 4 is 61.6 Å². The molecule has 3 nitrogen and oxygen atoms in total. The predicted octanol–water partition coefficient (Wildman–Crippen LogP) is 2.85. The quantitative estimate of drug-likeness (QED) is 0.575. The molecule has 1 rings (SSSR count).